The molecule has 1 aliphatic rings. The van der Waals surface area contributed by atoms with Crippen LogP contribution in [0.25, 0.3) is 0 Å². The third kappa shape index (κ3) is 6.05. The maximum atomic E-state index is 13.4. The second-order valence-corrected chi connectivity index (χ2v) is 7.95. The molecule has 1 atom stereocenters. The maximum absolute atomic E-state index is 13.4. The summed E-state index contributed by atoms with van der Waals surface area (Å²) in [6.45, 7) is 2.94. The average Bonchev–Trinajstić information content (AvgIpc) is 2.71. The Labute approximate surface area is 174 Å². The molecule has 1 amide bonds. The molecular weight excluding hydrogens is 396 g/mol. The van der Waals surface area contributed by atoms with Crippen molar-refractivity contribution in [2.75, 3.05) is 33.2 Å². The van der Waals surface area contributed by atoms with Crippen LogP contribution in [0.4, 0.5) is 17.6 Å². The summed E-state index contributed by atoms with van der Waals surface area (Å²) in [5, 5.41) is 0. The number of piperidine rings is 1. The standard InChI is InChI=1S/C23H26F4N2O/c1-28(22(30)19-7-3-9-21(24)14-19)15-18-6-4-11-29(16-18)12-10-17-5-2-8-20(13-17)23(25,26)27/h2-3,5,7-9,13-14,18H,4,6,10-12,15-16H2,1H3/t18-/m0/s1. The van der Waals surface area contributed by atoms with Gasteiger partial charge >= 0.3 is 6.18 Å². The van der Waals surface area contributed by atoms with Crippen molar-refractivity contribution in [3.8, 4) is 0 Å². The number of amides is 1. The highest BCUT2D eigenvalue weighted by atomic mass is 19.4. The van der Waals surface area contributed by atoms with E-state index >= 15 is 0 Å². The number of rotatable bonds is 6. The van der Waals surface area contributed by atoms with E-state index in [2.05, 4.69) is 4.90 Å². The molecule has 162 valence electrons. The monoisotopic (exact) mass is 422 g/mol. The SMILES string of the molecule is CN(C[C@@H]1CCCN(CCc2cccc(C(F)(F)F)c2)C1)C(=O)c1cccc(F)c1. The topological polar surface area (TPSA) is 23.6 Å². The van der Waals surface area contributed by atoms with Crippen LogP contribution < -0.4 is 0 Å². The van der Waals surface area contributed by atoms with Crippen molar-refractivity contribution in [3.63, 3.8) is 0 Å². The first-order valence-corrected chi connectivity index (χ1v) is 10.1. The van der Waals surface area contributed by atoms with E-state index in [-0.39, 0.29) is 11.8 Å². The van der Waals surface area contributed by atoms with Gasteiger partial charge in [-0.25, -0.2) is 4.39 Å². The lowest BCUT2D eigenvalue weighted by Gasteiger charge is -2.34. The predicted octanol–water partition coefficient (Wildman–Crippen LogP) is 4.87. The number of halogens is 4. The minimum Gasteiger partial charge on any atom is -0.341 e. The van der Waals surface area contributed by atoms with Crippen molar-refractivity contribution in [1.82, 2.24) is 9.80 Å². The maximum Gasteiger partial charge on any atom is 0.416 e. The fourth-order valence-electron chi connectivity index (χ4n) is 4.01. The van der Waals surface area contributed by atoms with Crippen LogP contribution in [0.5, 0.6) is 0 Å². The Hall–Kier alpha value is -2.41. The summed E-state index contributed by atoms with van der Waals surface area (Å²) in [5.41, 5.74) is 0.383. The van der Waals surface area contributed by atoms with Gasteiger partial charge in [-0.3, -0.25) is 4.79 Å². The zero-order valence-corrected chi connectivity index (χ0v) is 17.0. The molecule has 1 saturated heterocycles. The smallest absolute Gasteiger partial charge is 0.341 e. The minimum absolute atomic E-state index is 0.212. The fourth-order valence-corrected chi connectivity index (χ4v) is 4.01. The van der Waals surface area contributed by atoms with Crippen LogP contribution in [0.1, 0.15) is 34.3 Å². The van der Waals surface area contributed by atoms with Crippen LogP contribution in [0, 0.1) is 11.7 Å². The van der Waals surface area contributed by atoms with E-state index in [1.807, 2.05) is 0 Å². The lowest BCUT2D eigenvalue weighted by Crippen LogP contribution is -2.42. The summed E-state index contributed by atoms with van der Waals surface area (Å²) < 4.78 is 52.0. The number of carbonyl (C=O) groups is 1. The Bertz CT molecular complexity index is 868. The van der Waals surface area contributed by atoms with Crippen LogP contribution in [0.15, 0.2) is 48.5 Å². The van der Waals surface area contributed by atoms with Crippen molar-refractivity contribution in [1.29, 1.82) is 0 Å². The second kappa shape index (κ2) is 9.60. The molecule has 0 aromatic heterocycles. The van der Waals surface area contributed by atoms with E-state index in [0.717, 1.165) is 32.0 Å². The van der Waals surface area contributed by atoms with E-state index in [1.54, 1.807) is 24.1 Å². The van der Waals surface area contributed by atoms with Crippen molar-refractivity contribution < 1.29 is 22.4 Å². The minimum atomic E-state index is -4.33. The quantitative estimate of drug-likeness (QED) is 0.620. The summed E-state index contributed by atoms with van der Waals surface area (Å²) >= 11 is 0. The molecule has 2 aromatic rings. The molecule has 0 spiro atoms. The molecule has 3 rings (SSSR count). The first kappa shape index (κ1) is 22.3. The van der Waals surface area contributed by atoms with Gasteiger partial charge in [-0.2, -0.15) is 13.2 Å². The van der Waals surface area contributed by atoms with Gasteiger partial charge < -0.3 is 9.80 Å². The number of alkyl halides is 3. The van der Waals surface area contributed by atoms with Crippen LogP contribution >= 0.6 is 0 Å². The van der Waals surface area contributed by atoms with E-state index in [1.165, 1.54) is 30.3 Å². The highest BCUT2D eigenvalue weighted by molar-refractivity contribution is 5.94. The number of nitrogens with zero attached hydrogens (tertiary/aromatic N) is 2. The molecule has 0 N–H and O–H groups in total. The van der Waals surface area contributed by atoms with Gasteiger partial charge in [0, 0.05) is 32.2 Å². The number of carbonyl (C=O) groups excluding carboxylic acids is 1. The van der Waals surface area contributed by atoms with Gasteiger partial charge in [0.05, 0.1) is 5.56 Å². The largest absolute Gasteiger partial charge is 0.416 e. The van der Waals surface area contributed by atoms with Crippen molar-refractivity contribution in [3.05, 3.63) is 71.0 Å². The third-order valence-electron chi connectivity index (χ3n) is 5.52. The van der Waals surface area contributed by atoms with E-state index < -0.39 is 17.6 Å². The summed E-state index contributed by atoms with van der Waals surface area (Å²) in [5.74, 6) is -0.369. The zero-order chi connectivity index (χ0) is 21.7. The van der Waals surface area contributed by atoms with Crippen LogP contribution in [0.2, 0.25) is 0 Å². The van der Waals surface area contributed by atoms with Gasteiger partial charge in [0.1, 0.15) is 5.82 Å². The molecule has 0 aliphatic carbocycles. The fraction of sp³-hybridized carbons (Fsp3) is 0.435. The van der Waals surface area contributed by atoms with Gasteiger partial charge in [-0.1, -0.05) is 24.3 Å². The Morgan fingerprint density at radius 1 is 1.17 bits per heavy atom. The zero-order valence-electron chi connectivity index (χ0n) is 17.0. The van der Waals surface area contributed by atoms with Crippen molar-refractivity contribution in [2.45, 2.75) is 25.4 Å². The molecule has 1 fully saturated rings. The Morgan fingerprint density at radius 3 is 2.67 bits per heavy atom. The molecule has 1 heterocycles. The first-order chi connectivity index (χ1) is 14.2. The molecule has 0 bridgehead atoms. The van der Waals surface area contributed by atoms with Gasteiger partial charge in [-0.05, 0) is 61.6 Å². The normalized spacial score (nSPS) is 17.7. The van der Waals surface area contributed by atoms with E-state index in [0.29, 0.717) is 30.6 Å². The molecule has 7 heteroatoms. The van der Waals surface area contributed by atoms with Gasteiger partial charge in [-0.15, -0.1) is 0 Å². The molecule has 0 radical (unpaired) electrons. The number of hydrogen-bond donors (Lipinski definition) is 0. The summed E-state index contributed by atoms with van der Waals surface area (Å²) in [6.07, 6.45) is -1.81. The first-order valence-electron chi connectivity index (χ1n) is 10.1. The summed E-state index contributed by atoms with van der Waals surface area (Å²) in [4.78, 5) is 16.4. The highest BCUT2D eigenvalue weighted by Gasteiger charge is 2.30. The lowest BCUT2D eigenvalue weighted by molar-refractivity contribution is -0.137. The van der Waals surface area contributed by atoms with Crippen molar-refractivity contribution in [2.24, 2.45) is 5.92 Å². The van der Waals surface area contributed by atoms with Gasteiger partial charge in [0.25, 0.3) is 5.91 Å². The molecule has 2 aromatic carbocycles. The van der Waals surface area contributed by atoms with E-state index in [9.17, 15) is 22.4 Å². The third-order valence-corrected chi connectivity index (χ3v) is 5.52. The predicted molar refractivity (Wildman–Crippen MR) is 108 cm³/mol. The summed E-state index contributed by atoms with van der Waals surface area (Å²) in [6, 6.07) is 11.1. The van der Waals surface area contributed by atoms with Crippen LogP contribution in [-0.2, 0) is 12.6 Å². The lowest BCUT2D eigenvalue weighted by atomic mass is 9.96. The Balaban J connectivity index is 1.52. The number of likely N-dealkylation sites (tertiary alicyclic amines) is 1. The summed E-state index contributed by atoms with van der Waals surface area (Å²) in [7, 11) is 1.72. The molecule has 1 aliphatic heterocycles. The molecule has 3 nitrogen and oxygen atoms in total. The Morgan fingerprint density at radius 2 is 1.93 bits per heavy atom. The number of benzene rings is 2. The molecular formula is C23H26F4N2O. The molecule has 30 heavy (non-hydrogen) atoms. The number of hydrogen-bond acceptors (Lipinski definition) is 2. The Kier molecular flexibility index (Phi) is 7.13. The second-order valence-electron chi connectivity index (χ2n) is 7.95. The molecule has 0 saturated carbocycles. The average molecular weight is 422 g/mol. The van der Waals surface area contributed by atoms with E-state index in [4.69, 9.17) is 0 Å². The van der Waals surface area contributed by atoms with Crippen molar-refractivity contribution >= 4 is 5.91 Å². The highest BCUT2D eigenvalue weighted by Crippen LogP contribution is 2.29. The van der Waals surface area contributed by atoms with Crippen LogP contribution in [0.3, 0.4) is 0 Å². The van der Waals surface area contributed by atoms with Gasteiger partial charge in [0.15, 0.2) is 0 Å². The van der Waals surface area contributed by atoms with Gasteiger partial charge in [0.2, 0.25) is 0 Å². The molecule has 0 unspecified atom stereocenters. The van der Waals surface area contributed by atoms with Crippen LogP contribution in [-0.4, -0.2) is 48.9 Å².